The average molecular weight is 306 g/mol. The lowest BCUT2D eigenvalue weighted by Crippen LogP contribution is -1.96. The lowest BCUT2D eigenvalue weighted by Gasteiger charge is -2.09. The van der Waals surface area contributed by atoms with E-state index in [2.05, 4.69) is 47.4 Å². The molecule has 22 heavy (non-hydrogen) atoms. The number of nitrogens with zero attached hydrogens (tertiary/aromatic N) is 1. The first-order chi connectivity index (χ1) is 10.8. The number of hydrogen-bond acceptors (Lipinski definition) is 4. The van der Waals surface area contributed by atoms with Gasteiger partial charge in [0, 0.05) is 0 Å². The van der Waals surface area contributed by atoms with Crippen molar-refractivity contribution in [1.29, 1.82) is 0 Å². The Bertz CT molecular complexity index is 956. The van der Waals surface area contributed by atoms with Gasteiger partial charge < -0.3 is 10.5 Å². The normalized spacial score (nSPS) is 11.1. The van der Waals surface area contributed by atoms with E-state index in [0.717, 1.165) is 16.0 Å². The number of thiazole rings is 1. The van der Waals surface area contributed by atoms with Gasteiger partial charge in [0.1, 0.15) is 12.4 Å². The molecule has 0 atom stereocenters. The second kappa shape index (κ2) is 5.31. The maximum atomic E-state index is 5.96. The van der Waals surface area contributed by atoms with Crippen LogP contribution in [0.5, 0.6) is 5.75 Å². The van der Waals surface area contributed by atoms with Crippen LogP contribution in [0.1, 0.15) is 5.56 Å². The number of nitrogen functional groups attached to an aromatic ring is 1. The van der Waals surface area contributed by atoms with E-state index in [1.54, 1.807) is 0 Å². The van der Waals surface area contributed by atoms with E-state index in [0.29, 0.717) is 11.7 Å². The third-order valence-corrected chi connectivity index (χ3v) is 4.50. The van der Waals surface area contributed by atoms with Gasteiger partial charge in [0.15, 0.2) is 5.13 Å². The standard InChI is InChI=1S/C18H14N2OS/c19-18-20-16-9-8-14(10-17(16)22-18)21-11-13-6-3-5-12-4-1-2-7-15(12)13/h1-10H,11H2,(H2,19,20). The molecular formula is C18H14N2OS. The first kappa shape index (κ1) is 13.1. The topological polar surface area (TPSA) is 48.1 Å². The van der Waals surface area contributed by atoms with Crippen LogP contribution < -0.4 is 10.5 Å². The van der Waals surface area contributed by atoms with E-state index in [9.17, 15) is 0 Å². The zero-order valence-corrected chi connectivity index (χ0v) is 12.6. The molecule has 2 N–H and O–H groups in total. The van der Waals surface area contributed by atoms with Crippen LogP contribution in [0.3, 0.4) is 0 Å². The molecule has 0 amide bonds. The summed E-state index contributed by atoms with van der Waals surface area (Å²) in [5, 5.41) is 3.04. The van der Waals surface area contributed by atoms with Gasteiger partial charge in [-0.25, -0.2) is 4.98 Å². The first-order valence-corrected chi connectivity index (χ1v) is 7.87. The summed E-state index contributed by atoms with van der Waals surface area (Å²) in [4.78, 5) is 4.25. The van der Waals surface area contributed by atoms with Crippen LogP contribution >= 0.6 is 11.3 Å². The molecule has 0 aliphatic heterocycles. The van der Waals surface area contributed by atoms with Crippen LogP contribution in [0.4, 0.5) is 5.13 Å². The highest BCUT2D eigenvalue weighted by atomic mass is 32.1. The Hall–Kier alpha value is -2.59. The number of fused-ring (bicyclic) bond motifs is 2. The van der Waals surface area contributed by atoms with Gasteiger partial charge in [0.25, 0.3) is 0 Å². The zero-order chi connectivity index (χ0) is 14.9. The molecule has 4 rings (SSSR count). The molecule has 0 unspecified atom stereocenters. The van der Waals surface area contributed by atoms with Gasteiger partial charge in [-0.2, -0.15) is 0 Å². The number of hydrogen-bond donors (Lipinski definition) is 1. The molecule has 108 valence electrons. The zero-order valence-electron chi connectivity index (χ0n) is 11.8. The highest BCUT2D eigenvalue weighted by Gasteiger charge is 2.05. The molecule has 4 heteroatoms. The van der Waals surface area contributed by atoms with Crippen LogP contribution in [0.15, 0.2) is 60.7 Å². The van der Waals surface area contributed by atoms with Crippen LogP contribution in [0.25, 0.3) is 21.0 Å². The summed E-state index contributed by atoms with van der Waals surface area (Å²) in [5.41, 5.74) is 7.83. The molecule has 0 aliphatic rings. The molecule has 0 saturated heterocycles. The number of ether oxygens (including phenoxy) is 1. The molecule has 0 aliphatic carbocycles. The van der Waals surface area contributed by atoms with Crippen LogP contribution in [0.2, 0.25) is 0 Å². The van der Waals surface area contributed by atoms with E-state index in [-0.39, 0.29) is 0 Å². The number of benzene rings is 3. The molecule has 1 heterocycles. The Kier molecular flexibility index (Phi) is 3.16. The van der Waals surface area contributed by atoms with Crippen LogP contribution in [-0.2, 0) is 6.61 Å². The quantitative estimate of drug-likeness (QED) is 0.601. The fourth-order valence-corrected chi connectivity index (χ4v) is 3.35. The molecule has 0 fully saturated rings. The Morgan fingerprint density at radius 1 is 1.00 bits per heavy atom. The molecular weight excluding hydrogens is 292 g/mol. The minimum Gasteiger partial charge on any atom is -0.489 e. The summed E-state index contributed by atoms with van der Waals surface area (Å²) in [6, 6.07) is 20.5. The highest BCUT2D eigenvalue weighted by molar-refractivity contribution is 7.22. The Morgan fingerprint density at radius 3 is 2.82 bits per heavy atom. The van der Waals surface area contributed by atoms with Crippen molar-refractivity contribution < 1.29 is 4.74 Å². The van der Waals surface area contributed by atoms with Gasteiger partial charge in [-0.1, -0.05) is 53.8 Å². The van der Waals surface area contributed by atoms with Crippen LogP contribution in [0, 0.1) is 0 Å². The molecule has 0 spiro atoms. The average Bonchev–Trinajstić information content (AvgIpc) is 2.92. The SMILES string of the molecule is Nc1nc2ccc(OCc3cccc4ccccc34)cc2s1. The van der Waals surface area contributed by atoms with Gasteiger partial charge in [-0.05, 0) is 34.5 Å². The molecule has 4 aromatic rings. The molecule has 0 saturated carbocycles. The molecule has 3 nitrogen and oxygen atoms in total. The van der Waals surface area contributed by atoms with E-state index in [1.165, 1.54) is 27.7 Å². The van der Waals surface area contributed by atoms with E-state index >= 15 is 0 Å². The smallest absolute Gasteiger partial charge is 0.181 e. The third kappa shape index (κ3) is 2.38. The van der Waals surface area contributed by atoms with Crippen molar-refractivity contribution in [3.05, 3.63) is 66.2 Å². The maximum absolute atomic E-state index is 5.96. The third-order valence-electron chi connectivity index (χ3n) is 3.65. The lowest BCUT2D eigenvalue weighted by atomic mass is 10.1. The van der Waals surface area contributed by atoms with Gasteiger partial charge in [0.2, 0.25) is 0 Å². The minimum absolute atomic E-state index is 0.543. The highest BCUT2D eigenvalue weighted by Crippen LogP contribution is 2.28. The summed E-state index contributed by atoms with van der Waals surface area (Å²) >= 11 is 1.48. The second-order valence-electron chi connectivity index (χ2n) is 5.11. The van der Waals surface area contributed by atoms with Crippen molar-refractivity contribution in [2.24, 2.45) is 0 Å². The number of anilines is 1. The Balaban J connectivity index is 1.62. The maximum Gasteiger partial charge on any atom is 0.181 e. The minimum atomic E-state index is 0.543. The van der Waals surface area contributed by atoms with Gasteiger partial charge in [-0.15, -0.1) is 0 Å². The predicted octanol–water partition coefficient (Wildman–Crippen LogP) is 4.61. The number of nitrogens with two attached hydrogens (primary N) is 1. The van der Waals surface area contributed by atoms with Gasteiger partial charge >= 0.3 is 0 Å². The summed E-state index contributed by atoms with van der Waals surface area (Å²) < 4.78 is 7.00. The summed E-state index contributed by atoms with van der Waals surface area (Å²) in [5.74, 6) is 0.837. The van der Waals surface area contributed by atoms with E-state index in [4.69, 9.17) is 10.5 Å². The van der Waals surface area contributed by atoms with Gasteiger partial charge in [-0.3, -0.25) is 0 Å². The first-order valence-electron chi connectivity index (χ1n) is 7.05. The lowest BCUT2D eigenvalue weighted by molar-refractivity contribution is 0.308. The summed E-state index contributed by atoms with van der Waals surface area (Å²) in [6.07, 6.45) is 0. The van der Waals surface area contributed by atoms with E-state index in [1.807, 2.05) is 18.2 Å². The number of aromatic nitrogens is 1. The Morgan fingerprint density at radius 2 is 1.86 bits per heavy atom. The van der Waals surface area contributed by atoms with Crippen molar-refractivity contribution >= 4 is 37.5 Å². The van der Waals surface area contributed by atoms with Crippen molar-refractivity contribution in [3.8, 4) is 5.75 Å². The summed E-state index contributed by atoms with van der Waals surface area (Å²) in [7, 11) is 0. The summed E-state index contributed by atoms with van der Waals surface area (Å²) in [6.45, 7) is 0.543. The predicted molar refractivity (Wildman–Crippen MR) is 92.3 cm³/mol. The van der Waals surface area contributed by atoms with Crippen molar-refractivity contribution in [2.75, 3.05) is 5.73 Å². The molecule has 1 aromatic heterocycles. The fraction of sp³-hybridized carbons (Fsp3) is 0.0556. The van der Waals surface area contributed by atoms with Gasteiger partial charge in [0.05, 0.1) is 10.2 Å². The van der Waals surface area contributed by atoms with Crippen molar-refractivity contribution in [1.82, 2.24) is 4.98 Å². The van der Waals surface area contributed by atoms with Crippen molar-refractivity contribution in [3.63, 3.8) is 0 Å². The molecule has 3 aromatic carbocycles. The van der Waals surface area contributed by atoms with Crippen molar-refractivity contribution in [2.45, 2.75) is 6.61 Å². The van der Waals surface area contributed by atoms with E-state index < -0.39 is 0 Å². The fourth-order valence-electron chi connectivity index (χ4n) is 2.59. The molecule has 0 radical (unpaired) electrons. The molecule has 0 bridgehead atoms. The Labute approximate surface area is 132 Å². The monoisotopic (exact) mass is 306 g/mol. The number of rotatable bonds is 3. The largest absolute Gasteiger partial charge is 0.489 e. The second-order valence-corrected chi connectivity index (χ2v) is 6.17. The van der Waals surface area contributed by atoms with Crippen LogP contribution in [-0.4, -0.2) is 4.98 Å².